The molecule has 0 radical (unpaired) electrons. The summed E-state index contributed by atoms with van der Waals surface area (Å²) in [6.45, 7) is 10.7. The Morgan fingerprint density at radius 1 is 0.634 bits per heavy atom. The molecular formula is C44H81F3O25S10. The predicted molar refractivity (Wildman–Crippen MR) is 310 cm³/mol. The minimum atomic E-state index is -3.53. The Kier molecular flexibility index (Phi) is 36.3. The number of sulfone groups is 3. The van der Waals surface area contributed by atoms with Gasteiger partial charge in [0.2, 0.25) is 0 Å². The van der Waals surface area contributed by atoms with Crippen LogP contribution in [-0.2, 0) is 129 Å². The topological polar surface area (TPSA) is 372 Å². The van der Waals surface area contributed by atoms with Gasteiger partial charge in [0.25, 0.3) is 40.5 Å². The Balaban J connectivity index is 0.000000891. The molecule has 8 fully saturated rings. The lowest BCUT2D eigenvalue weighted by molar-refractivity contribution is 0.163. The van der Waals surface area contributed by atoms with Gasteiger partial charge in [0.1, 0.15) is 53.7 Å². The van der Waals surface area contributed by atoms with Gasteiger partial charge in [-0.15, -0.1) is 6.58 Å². The maximum Gasteiger partial charge on any atom is 0.308 e. The number of halogens is 3. The first-order valence-electron chi connectivity index (χ1n) is 25.4. The third-order valence-corrected chi connectivity index (χ3v) is 25.8. The fourth-order valence-electron chi connectivity index (χ4n) is 6.49. The minimum absolute atomic E-state index is 0.0347. The van der Waals surface area contributed by atoms with Crippen LogP contribution in [0.1, 0.15) is 104 Å². The molecule has 0 saturated carbocycles. The van der Waals surface area contributed by atoms with Crippen LogP contribution >= 0.6 is 0 Å². The number of alkyl halides is 3. The van der Waals surface area contributed by atoms with Crippen molar-refractivity contribution in [1.29, 1.82) is 0 Å². The first-order chi connectivity index (χ1) is 37.5. The van der Waals surface area contributed by atoms with Crippen LogP contribution in [0, 0.1) is 0 Å². The van der Waals surface area contributed by atoms with E-state index in [9.17, 15) is 88.9 Å². The molecule has 9 aliphatic heterocycles. The first-order valence-corrected chi connectivity index (χ1v) is 42.0. The van der Waals surface area contributed by atoms with Crippen molar-refractivity contribution in [2.45, 2.75) is 126 Å². The van der Waals surface area contributed by atoms with E-state index in [4.69, 9.17) is 0 Å². The highest BCUT2D eigenvalue weighted by Gasteiger charge is 2.40. The third-order valence-electron chi connectivity index (χ3n) is 10.7. The van der Waals surface area contributed by atoms with Gasteiger partial charge in [0.05, 0.1) is 106 Å². The number of allylic oxidation sites excluding steroid dienone is 2. The van der Waals surface area contributed by atoms with E-state index in [-0.39, 0.29) is 54.5 Å². The Morgan fingerprint density at radius 3 is 1.37 bits per heavy atom. The Hall–Kier alpha value is -1.79. The van der Waals surface area contributed by atoms with Gasteiger partial charge in [0.15, 0.2) is 15.3 Å². The SMILES string of the molecule is C=CCC1CCOS1(=O)=O.C=COS(=O)(=O)CCCC.C=S1(=O)CC(F)CO1.C=S1(=O)OCCC1F.CC1(F)COS(=O)(=O)C1.O=S1(=O)C=CCC1.O=S1(=O)CCCC1.O=S1(=O)CCCCC1.O=S1(=O)CCCCO1.O=S1(=O)CCCO1. The van der Waals surface area contributed by atoms with Crippen LogP contribution in [0.15, 0.2) is 37.0 Å². The summed E-state index contributed by atoms with van der Waals surface area (Å²) in [4.78, 5) is 0. The predicted octanol–water partition coefficient (Wildman–Crippen LogP) is 3.31. The highest BCUT2D eigenvalue weighted by molar-refractivity contribution is 7.96. The third kappa shape index (κ3) is 40.6. The normalized spacial score (nSPS) is 31.1. The van der Waals surface area contributed by atoms with Crippen LogP contribution in [0.3, 0.4) is 0 Å². The Bertz CT molecular complexity index is 2990. The van der Waals surface area contributed by atoms with Crippen LogP contribution in [-0.4, -0.2) is 207 Å². The average molecular weight is 1390 g/mol. The lowest BCUT2D eigenvalue weighted by atomic mass is 10.2. The van der Waals surface area contributed by atoms with Gasteiger partial charge < -0.3 is 4.18 Å². The van der Waals surface area contributed by atoms with E-state index in [2.05, 4.69) is 54.2 Å². The monoisotopic (exact) mass is 1390 g/mol. The van der Waals surface area contributed by atoms with E-state index in [1.807, 2.05) is 6.92 Å². The molecule has 25 nitrogen and oxygen atoms in total. The molecular weight excluding hydrogens is 1310 g/mol. The molecule has 82 heavy (non-hydrogen) atoms. The second-order valence-corrected chi connectivity index (χ2v) is 38.3. The summed E-state index contributed by atoms with van der Waals surface area (Å²) in [5, 5.41) is 0.928. The molecule has 0 N–H and O–H groups in total. The molecule has 0 spiro atoms. The van der Waals surface area contributed by atoms with Gasteiger partial charge in [-0.05, 0) is 89.3 Å². The van der Waals surface area contributed by atoms with Crippen LogP contribution in [0.4, 0.5) is 13.2 Å². The zero-order valence-electron chi connectivity index (χ0n) is 46.0. The van der Waals surface area contributed by atoms with Crippen molar-refractivity contribution in [3.05, 3.63) is 37.0 Å². The minimum Gasteiger partial charge on any atom is -0.391 e. The summed E-state index contributed by atoms with van der Waals surface area (Å²) in [7, 11) is -29.3. The summed E-state index contributed by atoms with van der Waals surface area (Å²) < 4.78 is 257. The van der Waals surface area contributed by atoms with Gasteiger partial charge in [-0.3, -0.25) is 25.1 Å². The maximum atomic E-state index is 12.6. The molecule has 6 unspecified atom stereocenters. The van der Waals surface area contributed by atoms with Crippen molar-refractivity contribution >= 4 is 111 Å². The highest BCUT2D eigenvalue weighted by Crippen LogP contribution is 2.23. The molecule has 0 amide bonds. The van der Waals surface area contributed by atoms with Gasteiger partial charge in [0, 0.05) is 11.8 Å². The largest absolute Gasteiger partial charge is 0.391 e. The second-order valence-electron chi connectivity index (χ2n) is 18.8. The quantitative estimate of drug-likeness (QED) is 0.153. The van der Waals surface area contributed by atoms with Gasteiger partial charge >= 0.3 is 10.1 Å². The second kappa shape index (κ2) is 37.1. The van der Waals surface area contributed by atoms with Crippen molar-refractivity contribution in [1.82, 2.24) is 0 Å². The molecule has 9 heterocycles. The summed E-state index contributed by atoms with van der Waals surface area (Å²) in [6.07, 6.45) is 13.5. The fraction of sp³-hybridized carbons (Fsp3) is 0.818. The van der Waals surface area contributed by atoms with E-state index in [0.29, 0.717) is 80.7 Å². The van der Waals surface area contributed by atoms with Crippen LogP contribution in [0.2, 0.25) is 0 Å². The maximum absolute atomic E-state index is 12.6. The van der Waals surface area contributed by atoms with E-state index in [1.165, 1.54) is 12.3 Å². The zero-order valence-corrected chi connectivity index (χ0v) is 54.2. The van der Waals surface area contributed by atoms with Gasteiger partial charge in [-0.1, -0.05) is 38.5 Å². The number of hydrogen-bond acceptors (Lipinski definition) is 25. The molecule has 0 aromatic carbocycles. The Labute approximate surface area is 486 Å². The average Bonchev–Trinajstić information content (AvgIpc) is 4.24. The number of unbranched alkanes of at least 4 members (excludes halogenated alkanes) is 1. The molecule has 0 aromatic heterocycles. The fourth-order valence-corrected chi connectivity index (χ4v) is 18.2. The summed E-state index contributed by atoms with van der Waals surface area (Å²) in [5.41, 5.74) is -3.03. The molecule has 9 rings (SSSR count). The summed E-state index contributed by atoms with van der Waals surface area (Å²) >= 11 is 0. The first kappa shape index (κ1) is 80.2. The molecule has 0 aliphatic carbocycles. The molecule has 488 valence electrons. The lowest BCUT2D eigenvalue weighted by Gasteiger charge is -2.09. The molecule has 8 saturated heterocycles. The smallest absolute Gasteiger partial charge is 0.308 e. The van der Waals surface area contributed by atoms with E-state index in [0.717, 1.165) is 57.6 Å². The van der Waals surface area contributed by atoms with Crippen LogP contribution in [0.25, 0.3) is 0 Å². The summed E-state index contributed by atoms with van der Waals surface area (Å²) in [6, 6.07) is 0. The molecule has 6 atom stereocenters. The van der Waals surface area contributed by atoms with E-state index < -0.39 is 123 Å². The van der Waals surface area contributed by atoms with E-state index >= 15 is 0 Å². The van der Waals surface area contributed by atoms with Crippen molar-refractivity contribution in [2.24, 2.45) is 0 Å². The van der Waals surface area contributed by atoms with Gasteiger partial charge in [-0.25, -0.2) is 46.8 Å². The zero-order chi connectivity index (χ0) is 63.2. The number of hydrogen-bond donors (Lipinski definition) is 0. The van der Waals surface area contributed by atoms with Gasteiger partial charge in [-0.2, -0.15) is 42.1 Å². The van der Waals surface area contributed by atoms with Crippen molar-refractivity contribution < 1.29 is 118 Å². The van der Waals surface area contributed by atoms with Crippen molar-refractivity contribution in [2.75, 3.05) is 97.2 Å². The van der Waals surface area contributed by atoms with Crippen molar-refractivity contribution in [3.63, 3.8) is 0 Å². The molecule has 0 bridgehead atoms. The molecule has 38 heteroatoms. The lowest BCUT2D eigenvalue weighted by Crippen LogP contribution is -2.22. The summed E-state index contributed by atoms with van der Waals surface area (Å²) in [5.74, 6) is 8.21. The van der Waals surface area contributed by atoms with Crippen LogP contribution < -0.4 is 0 Å². The van der Waals surface area contributed by atoms with E-state index in [1.54, 1.807) is 12.2 Å². The number of rotatable bonds is 7. The van der Waals surface area contributed by atoms with Crippen LogP contribution in [0.5, 0.6) is 0 Å². The molecule has 9 aliphatic rings. The van der Waals surface area contributed by atoms with Crippen molar-refractivity contribution in [3.8, 4) is 0 Å². The standard InChI is InChI=1S/C6H10O3S.C6H12O3S.C5H10O2S.C4H7FO3S.2C4H7FO2S.C4H8O3S.C4H8O2S.C4H6O2S.C3H6O3S/c1-2-3-6-4-5-9-10(6,7)8;1-3-5-6-10(7,8)9-4-2;6-8(7)4-2-1-3-5-8;1-4(5)2-8-9(6,7)3-4;1-8(6)3-4(5)2-7-8;1-8(6)4(5)2-3-7-8;5-8(6)4-2-1-3-7-8;2*5-7(6)3-1-2-4-7;4-7(5)3-1-2-6-7/h2,6H,1,3-5H2;4H,2-3,5-6H2,1H3;1-5H2;2-3H2,1H3;2*4H,1-3H2;1-4H2;1-4H2;1,3H,2,4H2;1-3H2. The highest BCUT2D eigenvalue weighted by atomic mass is 32.2. The Morgan fingerprint density at radius 2 is 1.15 bits per heavy atom. The molecule has 0 aromatic rings.